The van der Waals surface area contributed by atoms with Gasteiger partial charge in [0.25, 0.3) is 0 Å². The summed E-state index contributed by atoms with van der Waals surface area (Å²) in [6.45, 7) is 4.38. The highest BCUT2D eigenvalue weighted by atomic mass is 31.1. The van der Waals surface area contributed by atoms with E-state index in [0.29, 0.717) is 14.4 Å². The molecule has 0 aromatic carbocycles. The molecular weight excluding hydrogens is 155 g/mol. The zero-order chi connectivity index (χ0) is 8.32. The average molecular weight is 172 g/mol. The predicted octanol–water partition coefficient (Wildman–Crippen LogP) is 3.64. The lowest BCUT2D eigenvalue weighted by Gasteiger charge is -2.34. The van der Waals surface area contributed by atoms with Gasteiger partial charge in [0.1, 0.15) is 0 Å². The molecule has 0 bridgehead atoms. The van der Waals surface area contributed by atoms with Gasteiger partial charge >= 0.3 is 0 Å². The Morgan fingerprint density at radius 3 is 2.00 bits per heavy atom. The molecule has 0 radical (unpaired) electrons. The topological polar surface area (TPSA) is 17.1 Å². The van der Waals surface area contributed by atoms with E-state index in [1.807, 2.05) is 0 Å². The molecule has 0 amide bonds. The molecule has 11 heavy (non-hydrogen) atoms. The average Bonchev–Trinajstić information content (AvgIpc) is 2.05. The fraction of sp³-hybridized carbons (Fsp3) is 1.00. The number of hydrogen-bond acceptors (Lipinski definition) is 1. The SMILES string of the molecule is CC(C)C1(P=O)CCCCC1. The monoisotopic (exact) mass is 172 g/mol. The van der Waals surface area contributed by atoms with Crippen LogP contribution in [0, 0.1) is 5.92 Å². The maximum atomic E-state index is 11.0. The van der Waals surface area contributed by atoms with Gasteiger partial charge in [-0.05, 0) is 18.8 Å². The Morgan fingerprint density at radius 2 is 1.73 bits per heavy atom. The maximum Gasteiger partial charge on any atom is 0.162 e. The van der Waals surface area contributed by atoms with E-state index in [1.165, 1.54) is 19.3 Å². The molecule has 0 unspecified atom stereocenters. The highest BCUT2D eigenvalue weighted by Gasteiger charge is 2.35. The fourth-order valence-electron chi connectivity index (χ4n) is 1.94. The van der Waals surface area contributed by atoms with Gasteiger partial charge in [0.05, 0.1) is 5.16 Å². The lowest BCUT2D eigenvalue weighted by molar-refractivity contribution is 0.309. The molecule has 0 N–H and O–H groups in total. The number of rotatable bonds is 2. The zero-order valence-electron chi connectivity index (χ0n) is 7.47. The van der Waals surface area contributed by atoms with Gasteiger partial charge in [0.2, 0.25) is 0 Å². The largest absolute Gasteiger partial charge is 0.274 e. The standard InChI is InChI=1S/C9H17OP/c1-8(2)9(11-10)6-4-3-5-7-9/h8H,3-7H2,1-2H3. The Kier molecular flexibility index (Phi) is 3.06. The van der Waals surface area contributed by atoms with Crippen molar-refractivity contribution in [2.24, 2.45) is 5.92 Å². The summed E-state index contributed by atoms with van der Waals surface area (Å²) in [6, 6.07) is 0. The second-order valence-corrected chi connectivity index (χ2v) is 4.98. The molecule has 0 atom stereocenters. The van der Waals surface area contributed by atoms with Gasteiger partial charge in [-0.2, -0.15) is 0 Å². The summed E-state index contributed by atoms with van der Waals surface area (Å²) in [5, 5.41) is 0.137. The van der Waals surface area contributed by atoms with Crippen LogP contribution >= 0.6 is 8.46 Å². The first kappa shape index (κ1) is 9.19. The second-order valence-electron chi connectivity index (χ2n) is 3.91. The van der Waals surface area contributed by atoms with E-state index in [1.54, 1.807) is 0 Å². The molecule has 0 saturated heterocycles. The van der Waals surface area contributed by atoms with Crippen LogP contribution in [0.1, 0.15) is 46.0 Å². The quantitative estimate of drug-likeness (QED) is 0.581. The molecule has 0 aromatic heterocycles. The third-order valence-corrected chi connectivity index (χ3v) is 4.30. The molecule has 1 aliphatic rings. The van der Waals surface area contributed by atoms with Crippen molar-refractivity contribution in [3.05, 3.63) is 0 Å². The van der Waals surface area contributed by atoms with Gasteiger partial charge in [0, 0.05) is 0 Å². The van der Waals surface area contributed by atoms with E-state index < -0.39 is 0 Å². The minimum Gasteiger partial charge on any atom is -0.274 e. The summed E-state index contributed by atoms with van der Waals surface area (Å²) < 4.78 is 11.0. The van der Waals surface area contributed by atoms with E-state index in [2.05, 4.69) is 13.8 Å². The van der Waals surface area contributed by atoms with Crippen LogP contribution in [0.5, 0.6) is 0 Å². The minimum atomic E-state index is 0.137. The smallest absolute Gasteiger partial charge is 0.162 e. The van der Waals surface area contributed by atoms with Crippen LogP contribution in [0.15, 0.2) is 0 Å². The van der Waals surface area contributed by atoms with E-state index in [-0.39, 0.29) is 5.16 Å². The molecule has 0 spiro atoms. The molecule has 1 aliphatic carbocycles. The summed E-state index contributed by atoms with van der Waals surface area (Å²) >= 11 is 0. The predicted molar refractivity (Wildman–Crippen MR) is 48.3 cm³/mol. The highest BCUT2D eigenvalue weighted by Crippen LogP contribution is 2.44. The molecule has 64 valence electrons. The Balaban J connectivity index is 2.64. The molecule has 2 heteroatoms. The summed E-state index contributed by atoms with van der Waals surface area (Å²) in [4.78, 5) is 0. The summed E-state index contributed by atoms with van der Waals surface area (Å²) in [5.41, 5.74) is 0. The molecule has 0 heterocycles. The summed E-state index contributed by atoms with van der Waals surface area (Å²) in [7, 11) is 0.379. The van der Waals surface area contributed by atoms with Crippen molar-refractivity contribution in [2.75, 3.05) is 0 Å². The Labute approximate surface area is 70.8 Å². The summed E-state index contributed by atoms with van der Waals surface area (Å²) in [6.07, 6.45) is 6.20. The van der Waals surface area contributed by atoms with Crippen molar-refractivity contribution in [1.29, 1.82) is 0 Å². The molecule has 0 aliphatic heterocycles. The van der Waals surface area contributed by atoms with Crippen molar-refractivity contribution >= 4 is 8.46 Å². The third-order valence-electron chi connectivity index (χ3n) is 2.98. The molecule has 0 aromatic rings. The van der Waals surface area contributed by atoms with Gasteiger partial charge in [-0.25, -0.2) is 0 Å². The van der Waals surface area contributed by atoms with E-state index in [9.17, 15) is 4.57 Å². The van der Waals surface area contributed by atoms with Gasteiger partial charge in [-0.1, -0.05) is 33.1 Å². The van der Waals surface area contributed by atoms with Crippen LogP contribution in [0.25, 0.3) is 0 Å². The van der Waals surface area contributed by atoms with Crippen LogP contribution in [0.4, 0.5) is 0 Å². The maximum absolute atomic E-state index is 11.0. The first-order valence-corrected chi connectivity index (χ1v) is 5.37. The van der Waals surface area contributed by atoms with Crippen molar-refractivity contribution in [3.8, 4) is 0 Å². The van der Waals surface area contributed by atoms with Crippen LogP contribution in [-0.2, 0) is 4.57 Å². The first-order valence-electron chi connectivity index (χ1n) is 4.56. The highest BCUT2D eigenvalue weighted by molar-refractivity contribution is 7.26. The molecule has 1 rings (SSSR count). The van der Waals surface area contributed by atoms with Crippen molar-refractivity contribution in [1.82, 2.24) is 0 Å². The van der Waals surface area contributed by atoms with E-state index in [0.717, 1.165) is 12.8 Å². The van der Waals surface area contributed by atoms with Gasteiger partial charge in [-0.15, -0.1) is 0 Å². The van der Waals surface area contributed by atoms with Crippen molar-refractivity contribution in [2.45, 2.75) is 51.1 Å². The zero-order valence-corrected chi connectivity index (χ0v) is 8.36. The minimum absolute atomic E-state index is 0.137. The van der Waals surface area contributed by atoms with Crippen LogP contribution in [0.2, 0.25) is 0 Å². The summed E-state index contributed by atoms with van der Waals surface area (Å²) in [5.74, 6) is 0.571. The third kappa shape index (κ3) is 1.82. The fourth-order valence-corrected chi connectivity index (χ4v) is 2.65. The lowest BCUT2D eigenvalue weighted by atomic mass is 9.81. The molecule has 1 fully saturated rings. The lowest BCUT2D eigenvalue weighted by Crippen LogP contribution is -2.30. The van der Waals surface area contributed by atoms with Gasteiger partial charge in [0.15, 0.2) is 8.46 Å². The Bertz CT molecular complexity index is 136. The van der Waals surface area contributed by atoms with E-state index >= 15 is 0 Å². The number of hydrogen-bond donors (Lipinski definition) is 0. The Hall–Kier alpha value is 0.100. The molecule has 1 saturated carbocycles. The van der Waals surface area contributed by atoms with Crippen molar-refractivity contribution in [3.63, 3.8) is 0 Å². The van der Waals surface area contributed by atoms with Crippen LogP contribution in [0.3, 0.4) is 0 Å². The van der Waals surface area contributed by atoms with Crippen LogP contribution in [-0.4, -0.2) is 5.16 Å². The molecular formula is C9H17OP. The first-order chi connectivity index (χ1) is 5.21. The van der Waals surface area contributed by atoms with Crippen molar-refractivity contribution < 1.29 is 4.57 Å². The molecule has 1 nitrogen and oxygen atoms in total. The Morgan fingerprint density at radius 1 is 1.18 bits per heavy atom. The van der Waals surface area contributed by atoms with Crippen LogP contribution < -0.4 is 0 Å². The normalized spacial score (nSPS) is 24.3. The van der Waals surface area contributed by atoms with Gasteiger partial charge in [-0.3, -0.25) is 4.57 Å². The van der Waals surface area contributed by atoms with Gasteiger partial charge < -0.3 is 0 Å². The van der Waals surface area contributed by atoms with E-state index in [4.69, 9.17) is 0 Å². The second kappa shape index (κ2) is 3.67.